The second-order valence-corrected chi connectivity index (χ2v) is 5.60. The summed E-state index contributed by atoms with van der Waals surface area (Å²) < 4.78 is 12.5. The maximum Gasteiger partial charge on any atom is 0.226 e. The first-order valence-electron chi connectivity index (χ1n) is 8.15. The van der Waals surface area contributed by atoms with Crippen molar-refractivity contribution in [2.45, 2.75) is 6.54 Å². The largest absolute Gasteiger partial charge is 0.497 e. The van der Waals surface area contributed by atoms with Crippen molar-refractivity contribution in [3.05, 3.63) is 42.6 Å². The zero-order chi connectivity index (χ0) is 18.5. The molecule has 1 aromatic carbocycles. The van der Waals surface area contributed by atoms with E-state index in [4.69, 9.17) is 9.47 Å². The first-order chi connectivity index (χ1) is 12.7. The number of nitrogens with zero attached hydrogens (tertiary/aromatic N) is 4. The Labute approximate surface area is 151 Å². The Hall–Kier alpha value is -3.29. The van der Waals surface area contributed by atoms with E-state index in [1.54, 1.807) is 31.2 Å². The van der Waals surface area contributed by atoms with Crippen LogP contribution in [0.5, 0.6) is 11.5 Å². The van der Waals surface area contributed by atoms with E-state index in [2.05, 4.69) is 32.3 Å². The van der Waals surface area contributed by atoms with Crippen molar-refractivity contribution in [3.63, 3.8) is 0 Å². The third-order valence-corrected chi connectivity index (χ3v) is 3.93. The molecule has 0 aliphatic heterocycles. The molecule has 0 unspecified atom stereocenters. The van der Waals surface area contributed by atoms with Crippen LogP contribution in [0, 0.1) is 0 Å². The molecule has 0 radical (unpaired) electrons. The molecule has 136 valence electrons. The van der Waals surface area contributed by atoms with Gasteiger partial charge in [-0.3, -0.25) is 4.68 Å². The van der Waals surface area contributed by atoms with Crippen LogP contribution in [0.1, 0.15) is 5.56 Å². The summed E-state index contributed by atoms with van der Waals surface area (Å²) in [5.41, 5.74) is 1.70. The van der Waals surface area contributed by atoms with Gasteiger partial charge in [0, 0.05) is 25.7 Å². The molecule has 0 saturated carbocycles. The van der Waals surface area contributed by atoms with E-state index in [0.29, 0.717) is 24.9 Å². The van der Waals surface area contributed by atoms with Gasteiger partial charge in [-0.05, 0) is 18.2 Å². The summed E-state index contributed by atoms with van der Waals surface area (Å²) in [7, 11) is 5.13. The molecule has 2 N–H and O–H groups in total. The molecule has 0 atom stereocenters. The highest BCUT2D eigenvalue weighted by Crippen LogP contribution is 2.26. The van der Waals surface area contributed by atoms with Crippen LogP contribution in [-0.4, -0.2) is 40.5 Å². The molecule has 8 heteroatoms. The first-order valence-corrected chi connectivity index (χ1v) is 8.15. The Morgan fingerprint density at radius 1 is 1.19 bits per heavy atom. The van der Waals surface area contributed by atoms with E-state index in [1.165, 1.54) is 0 Å². The summed E-state index contributed by atoms with van der Waals surface area (Å²) in [6.45, 7) is 4.79. The lowest BCUT2D eigenvalue weighted by Gasteiger charge is -2.13. The smallest absolute Gasteiger partial charge is 0.226 e. The Balaban J connectivity index is 1.92. The predicted molar refractivity (Wildman–Crippen MR) is 102 cm³/mol. The van der Waals surface area contributed by atoms with Crippen molar-refractivity contribution in [3.8, 4) is 11.5 Å². The number of benzene rings is 1. The fourth-order valence-corrected chi connectivity index (χ4v) is 2.60. The highest BCUT2D eigenvalue weighted by molar-refractivity contribution is 5.87. The lowest BCUT2D eigenvalue weighted by Crippen LogP contribution is -2.09. The average molecular weight is 354 g/mol. The van der Waals surface area contributed by atoms with Gasteiger partial charge < -0.3 is 20.1 Å². The van der Waals surface area contributed by atoms with Crippen LogP contribution in [0.2, 0.25) is 0 Å². The van der Waals surface area contributed by atoms with Crippen molar-refractivity contribution in [1.82, 2.24) is 19.7 Å². The van der Waals surface area contributed by atoms with Crippen molar-refractivity contribution >= 4 is 22.8 Å². The molecule has 0 fully saturated rings. The number of anilines is 2. The van der Waals surface area contributed by atoms with E-state index in [-0.39, 0.29) is 0 Å². The molecule has 0 saturated heterocycles. The Kier molecular flexibility index (Phi) is 5.21. The SMILES string of the molecule is C=CCNc1nc(NCc2cc(OC)ccc2OC)c2cnn(C)c2n1. The Morgan fingerprint density at radius 2 is 2.04 bits per heavy atom. The molecule has 0 spiro atoms. The monoisotopic (exact) mass is 354 g/mol. The van der Waals surface area contributed by atoms with E-state index in [1.807, 2.05) is 25.2 Å². The fraction of sp³-hybridized carbons (Fsp3) is 0.278. The van der Waals surface area contributed by atoms with Crippen LogP contribution in [0.15, 0.2) is 37.1 Å². The maximum absolute atomic E-state index is 5.43. The minimum absolute atomic E-state index is 0.515. The van der Waals surface area contributed by atoms with Crippen LogP contribution < -0.4 is 20.1 Å². The number of ether oxygens (including phenoxy) is 2. The lowest BCUT2D eigenvalue weighted by atomic mass is 10.2. The Morgan fingerprint density at radius 3 is 2.77 bits per heavy atom. The summed E-state index contributed by atoms with van der Waals surface area (Å²) in [6, 6.07) is 5.68. The minimum atomic E-state index is 0.515. The second kappa shape index (κ2) is 7.73. The van der Waals surface area contributed by atoms with Crippen LogP contribution in [-0.2, 0) is 13.6 Å². The van der Waals surface area contributed by atoms with Gasteiger partial charge in [-0.1, -0.05) is 6.08 Å². The van der Waals surface area contributed by atoms with Gasteiger partial charge in [0.15, 0.2) is 5.65 Å². The highest BCUT2D eigenvalue weighted by atomic mass is 16.5. The van der Waals surface area contributed by atoms with Gasteiger partial charge in [-0.15, -0.1) is 6.58 Å². The number of fused-ring (bicyclic) bond motifs is 1. The van der Waals surface area contributed by atoms with Crippen LogP contribution in [0.3, 0.4) is 0 Å². The molecule has 0 bridgehead atoms. The molecule has 0 amide bonds. The number of hydrogen-bond acceptors (Lipinski definition) is 7. The molecular formula is C18H22N6O2. The second-order valence-electron chi connectivity index (χ2n) is 5.60. The van der Waals surface area contributed by atoms with Gasteiger partial charge >= 0.3 is 0 Å². The number of nitrogens with one attached hydrogen (secondary N) is 2. The van der Waals surface area contributed by atoms with Crippen molar-refractivity contribution < 1.29 is 9.47 Å². The molecule has 0 aliphatic carbocycles. The zero-order valence-electron chi connectivity index (χ0n) is 15.1. The van der Waals surface area contributed by atoms with Crippen molar-refractivity contribution in [2.75, 3.05) is 31.4 Å². The van der Waals surface area contributed by atoms with Gasteiger partial charge in [0.1, 0.15) is 17.3 Å². The maximum atomic E-state index is 5.43. The molecule has 0 aliphatic rings. The molecule has 26 heavy (non-hydrogen) atoms. The average Bonchev–Trinajstić information content (AvgIpc) is 3.05. The van der Waals surface area contributed by atoms with Gasteiger partial charge in [0.05, 0.1) is 25.8 Å². The lowest BCUT2D eigenvalue weighted by molar-refractivity contribution is 0.399. The van der Waals surface area contributed by atoms with Crippen LogP contribution in [0.25, 0.3) is 11.0 Å². The topological polar surface area (TPSA) is 86.1 Å². The summed E-state index contributed by atoms with van der Waals surface area (Å²) in [4.78, 5) is 9.05. The van der Waals surface area contributed by atoms with E-state index in [9.17, 15) is 0 Å². The number of methoxy groups -OCH3 is 2. The van der Waals surface area contributed by atoms with Gasteiger partial charge in [-0.25, -0.2) is 0 Å². The van der Waals surface area contributed by atoms with E-state index in [0.717, 1.165) is 28.1 Å². The number of rotatable bonds is 8. The quantitative estimate of drug-likeness (QED) is 0.601. The summed E-state index contributed by atoms with van der Waals surface area (Å²) in [6.07, 6.45) is 3.50. The van der Waals surface area contributed by atoms with Crippen molar-refractivity contribution in [2.24, 2.45) is 7.05 Å². The highest BCUT2D eigenvalue weighted by Gasteiger charge is 2.12. The van der Waals surface area contributed by atoms with Crippen LogP contribution in [0.4, 0.5) is 11.8 Å². The number of hydrogen-bond donors (Lipinski definition) is 2. The van der Waals surface area contributed by atoms with Gasteiger partial charge in [0.25, 0.3) is 0 Å². The predicted octanol–water partition coefficient (Wildman–Crippen LogP) is 2.59. The summed E-state index contributed by atoms with van der Waals surface area (Å²) >= 11 is 0. The molecular weight excluding hydrogens is 332 g/mol. The number of aromatic nitrogens is 4. The fourth-order valence-electron chi connectivity index (χ4n) is 2.60. The first kappa shape index (κ1) is 17.5. The van der Waals surface area contributed by atoms with E-state index < -0.39 is 0 Å². The molecule has 2 heterocycles. The zero-order valence-corrected chi connectivity index (χ0v) is 15.1. The normalized spacial score (nSPS) is 10.6. The number of aryl methyl sites for hydroxylation is 1. The minimum Gasteiger partial charge on any atom is -0.497 e. The molecule has 2 aromatic heterocycles. The van der Waals surface area contributed by atoms with Gasteiger partial charge in [-0.2, -0.15) is 15.1 Å². The Bertz CT molecular complexity index is 921. The molecule has 3 aromatic rings. The van der Waals surface area contributed by atoms with E-state index >= 15 is 0 Å². The van der Waals surface area contributed by atoms with Crippen molar-refractivity contribution in [1.29, 1.82) is 0 Å². The van der Waals surface area contributed by atoms with Gasteiger partial charge in [0.2, 0.25) is 5.95 Å². The summed E-state index contributed by atoms with van der Waals surface area (Å²) in [5.74, 6) is 2.76. The third kappa shape index (κ3) is 3.53. The summed E-state index contributed by atoms with van der Waals surface area (Å²) in [5, 5.41) is 11.6. The third-order valence-electron chi connectivity index (χ3n) is 3.93. The molecule has 3 rings (SSSR count). The standard InChI is InChI=1S/C18H22N6O2/c1-5-8-19-18-22-16(14-11-21-24(2)17(14)23-18)20-10-12-9-13(25-3)6-7-15(12)26-4/h5-7,9,11H,1,8,10H2,2-4H3,(H2,19,20,22,23). The molecule has 8 nitrogen and oxygen atoms in total. The van der Waals surface area contributed by atoms with Crippen LogP contribution >= 0.6 is 0 Å².